The van der Waals surface area contributed by atoms with Gasteiger partial charge in [0, 0.05) is 0 Å². The largest absolute Gasteiger partial charge is 0.147 e. The SMILES string of the molecule is CP(C)CC(C)(C1=[C]([V])CC=C1)c1ccccc1.Cl.Cl.Cl. The summed E-state index contributed by atoms with van der Waals surface area (Å²) in [4.78, 5) is 0. The minimum absolute atomic E-state index is 0. The molecule has 2 rings (SSSR count). The van der Waals surface area contributed by atoms with Crippen molar-refractivity contribution in [2.24, 2.45) is 0 Å². The molecule has 0 spiro atoms. The Balaban J connectivity index is 0. The summed E-state index contributed by atoms with van der Waals surface area (Å²) in [6.45, 7) is 7.16. The van der Waals surface area contributed by atoms with Crippen LogP contribution in [0.1, 0.15) is 18.9 Å². The Morgan fingerprint density at radius 1 is 1.10 bits per heavy atom. The summed E-state index contributed by atoms with van der Waals surface area (Å²) in [6, 6.07) is 11.0. The van der Waals surface area contributed by atoms with Crippen molar-refractivity contribution in [2.45, 2.75) is 18.8 Å². The van der Waals surface area contributed by atoms with E-state index in [4.69, 9.17) is 0 Å². The van der Waals surface area contributed by atoms with Crippen LogP contribution in [-0.4, -0.2) is 19.5 Å². The van der Waals surface area contributed by atoms with E-state index in [-0.39, 0.29) is 50.6 Å². The van der Waals surface area contributed by atoms with Gasteiger partial charge in [-0.1, -0.05) is 0 Å². The van der Waals surface area contributed by atoms with Crippen molar-refractivity contribution in [3.63, 3.8) is 0 Å². The van der Waals surface area contributed by atoms with Gasteiger partial charge in [0.25, 0.3) is 0 Å². The normalized spacial score (nSPS) is 15.8. The van der Waals surface area contributed by atoms with E-state index in [0.717, 1.165) is 6.42 Å². The van der Waals surface area contributed by atoms with Crippen LogP contribution >= 0.6 is 45.1 Å². The average Bonchev–Trinajstić information content (AvgIpc) is 2.76. The molecule has 0 saturated heterocycles. The third-order valence-corrected chi connectivity index (χ3v) is 5.47. The monoisotopic (exact) mass is 402 g/mol. The molecule has 0 radical (unpaired) electrons. The fourth-order valence-corrected chi connectivity index (χ4v) is 5.05. The molecule has 0 nitrogen and oxygen atoms in total. The predicted octanol–water partition coefficient (Wildman–Crippen LogP) is 5.71. The van der Waals surface area contributed by atoms with Gasteiger partial charge in [-0.25, -0.2) is 0 Å². The maximum Gasteiger partial charge on any atom is -0.147 e. The molecule has 1 aliphatic carbocycles. The second kappa shape index (κ2) is 10.4. The molecule has 5 heteroatoms. The van der Waals surface area contributed by atoms with Crippen LogP contribution in [0, 0.1) is 0 Å². The molecule has 0 amide bonds. The maximum absolute atomic E-state index is 2.77. The molecule has 21 heavy (non-hydrogen) atoms. The third-order valence-electron chi connectivity index (χ3n) is 3.54. The molecule has 1 aromatic carbocycles. The predicted molar refractivity (Wildman–Crippen MR) is 100.0 cm³/mol. The van der Waals surface area contributed by atoms with Gasteiger partial charge in [0.05, 0.1) is 0 Å². The van der Waals surface area contributed by atoms with Gasteiger partial charge in [-0.3, -0.25) is 0 Å². The maximum atomic E-state index is 2.77. The first-order valence-corrected chi connectivity index (χ1v) is 9.45. The number of hydrogen-bond acceptors (Lipinski definition) is 0. The van der Waals surface area contributed by atoms with Gasteiger partial charge >= 0.3 is 122 Å². The zero-order valence-corrected chi connectivity index (χ0v) is 17.3. The number of halogens is 3. The van der Waals surface area contributed by atoms with Crippen LogP contribution in [0.15, 0.2) is 52.3 Å². The van der Waals surface area contributed by atoms with Crippen LogP contribution in [0.2, 0.25) is 0 Å². The third kappa shape index (κ3) is 5.61. The molecule has 118 valence electrons. The van der Waals surface area contributed by atoms with Crippen molar-refractivity contribution in [3.8, 4) is 0 Å². The van der Waals surface area contributed by atoms with E-state index in [1.165, 1.54) is 21.6 Å². The van der Waals surface area contributed by atoms with Crippen LogP contribution in [0.5, 0.6) is 0 Å². The van der Waals surface area contributed by atoms with Gasteiger partial charge in [0.1, 0.15) is 0 Å². The van der Waals surface area contributed by atoms with Crippen molar-refractivity contribution in [1.29, 1.82) is 0 Å². The van der Waals surface area contributed by atoms with Crippen molar-refractivity contribution >= 4 is 45.1 Å². The summed E-state index contributed by atoms with van der Waals surface area (Å²) in [5, 5.41) is 0. The Hall–Kier alpha value is 0.584. The summed E-state index contributed by atoms with van der Waals surface area (Å²) in [6.07, 6.45) is 6.98. The molecular weight excluding hydrogens is 380 g/mol. The molecule has 1 unspecified atom stereocenters. The molecule has 0 bridgehead atoms. The molecular formula is C16H23Cl3PV. The van der Waals surface area contributed by atoms with E-state index in [1.807, 2.05) is 0 Å². The quantitative estimate of drug-likeness (QED) is 0.565. The van der Waals surface area contributed by atoms with E-state index in [2.05, 4.69) is 80.2 Å². The van der Waals surface area contributed by atoms with Gasteiger partial charge in [-0.15, -0.1) is 37.2 Å². The van der Waals surface area contributed by atoms with Gasteiger partial charge in [0.2, 0.25) is 0 Å². The van der Waals surface area contributed by atoms with Gasteiger partial charge in [0.15, 0.2) is 0 Å². The number of benzene rings is 1. The molecule has 0 heterocycles. The number of hydrogen-bond donors (Lipinski definition) is 0. The Bertz CT molecular complexity index is 486. The Labute approximate surface area is 158 Å². The van der Waals surface area contributed by atoms with E-state index in [1.54, 1.807) is 0 Å². The van der Waals surface area contributed by atoms with E-state index in [9.17, 15) is 0 Å². The molecule has 1 aliphatic rings. The van der Waals surface area contributed by atoms with Crippen molar-refractivity contribution in [3.05, 3.63) is 57.9 Å². The molecule has 0 fully saturated rings. The Morgan fingerprint density at radius 2 is 1.67 bits per heavy atom. The molecule has 1 atom stereocenters. The summed E-state index contributed by atoms with van der Waals surface area (Å²) >= 11 is 2.77. The summed E-state index contributed by atoms with van der Waals surface area (Å²) in [7, 11) is 0.0778. The number of rotatable bonds is 4. The van der Waals surface area contributed by atoms with E-state index < -0.39 is 0 Å². The minimum Gasteiger partial charge on any atom is -0.147 e. The van der Waals surface area contributed by atoms with Crippen molar-refractivity contribution < 1.29 is 17.4 Å². The standard InChI is InChI=1S/C16H20P.3ClH.V/c1-16(13-17(2)3,15-11-7-8-12-15)14-9-5-4-6-10-14;;;;/h4-7,9-11H,8,13H2,1-3H3;3*1H;. The summed E-state index contributed by atoms with van der Waals surface area (Å²) in [5.41, 5.74) is 3.14. The van der Waals surface area contributed by atoms with Crippen molar-refractivity contribution in [1.82, 2.24) is 0 Å². The molecule has 0 saturated carbocycles. The van der Waals surface area contributed by atoms with E-state index >= 15 is 0 Å². The van der Waals surface area contributed by atoms with Crippen molar-refractivity contribution in [2.75, 3.05) is 19.5 Å². The summed E-state index contributed by atoms with van der Waals surface area (Å²) in [5.74, 6) is 0. The van der Waals surface area contributed by atoms with Crippen LogP contribution < -0.4 is 0 Å². The first kappa shape index (κ1) is 23.8. The smallest absolute Gasteiger partial charge is 0.147 e. The average molecular weight is 404 g/mol. The van der Waals surface area contributed by atoms with Gasteiger partial charge in [-0.05, 0) is 0 Å². The zero-order valence-electron chi connectivity index (χ0n) is 12.6. The molecule has 0 N–H and O–H groups in total. The van der Waals surface area contributed by atoms with Gasteiger partial charge < -0.3 is 0 Å². The molecule has 1 aromatic rings. The van der Waals surface area contributed by atoms with E-state index in [0.29, 0.717) is 0 Å². The van der Waals surface area contributed by atoms with Crippen LogP contribution in [-0.2, 0) is 22.8 Å². The van der Waals surface area contributed by atoms with Crippen LogP contribution in [0.4, 0.5) is 0 Å². The topological polar surface area (TPSA) is 0 Å². The first-order valence-electron chi connectivity index (χ1n) is 6.33. The Morgan fingerprint density at radius 3 is 2.10 bits per heavy atom. The minimum atomic E-state index is 0. The van der Waals surface area contributed by atoms with Crippen LogP contribution in [0.3, 0.4) is 0 Å². The second-order valence-corrected chi connectivity index (χ2v) is 8.72. The number of allylic oxidation sites excluding steroid dienone is 4. The second-order valence-electron chi connectivity index (χ2n) is 5.40. The van der Waals surface area contributed by atoms with Gasteiger partial charge in [-0.2, -0.15) is 0 Å². The summed E-state index contributed by atoms with van der Waals surface area (Å²) < 4.78 is 1.48. The van der Waals surface area contributed by atoms with Crippen LogP contribution in [0.25, 0.3) is 0 Å². The molecule has 0 aliphatic heterocycles. The molecule has 0 aromatic heterocycles. The fraction of sp³-hybridized carbons (Fsp3) is 0.375. The first-order chi connectivity index (χ1) is 8.54. The fourth-order valence-electron chi connectivity index (χ4n) is 2.77. The zero-order chi connectivity index (χ0) is 13.2. The Kier molecular flexibility index (Phi) is 11.8.